The van der Waals surface area contributed by atoms with Crippen molar-refractivity contribution in [3.05, 3.63) is 75.5 Å². The van der Waals surface area contributed by atoms with Crippen molar-refractivity contribution in [1.82, 2.24) is 0 Å². The van der Waals surface area contributed by atoms with Crippen LogP contribution >= 0.6 is 11.6 Å². The number of nitro groups is 1. The topological polar surface area (TPSA) is 115 Å². The number of aliphatic hydroxyl groups excluding tert-OH is 1. The van der Waals surface area contributed by atoms with E-state index in [1.165, 1.54) is 24.3 Å². The molecule has 0 aliphatic carbocycles. The molecule has 0 unspecified atom stereocenters. The molecule has 1 aromatic heterocycles. The number of rotatable bonds is 7. The second-order valence-corrected chi connectivity index (χ2v) is 6.11. The molecule has 3 aromatic rings. The Morgan fingerprint density at radius 2 is 1.93 bits per heavy atom. The summed E-state index contributed by atoms with van der Waals surface area (Å²) in [7, 11) is 0. The third-order valence-electron chi connectivity index (χ3n) is 3.75. The van der Waals surface area contributed by atoms with Gasteiger partial charge < -0.3 is 19.6 Å². The number of hydrogen-bond acceptors (Lipinski definition) is 6. The number of carbonyl (C=O) groups is 1. The third-order valence-corrected chi connectivity index (χ3v) is 4.07. The molecule has 0 aliphatic heterocycles. The zero-order valence-corrected chi connectivity index (χ0v) is 15.2. The number of halogens is 1. The van der Waals surface area contributed by atoms with Crippen LogP contribution in [0.25, 0.3) is 11.3 Å². The van der Waals surface area contributed by atoms with Gasteiger partial charge in [0.25, 0.3) is 11.6 Å². The van der Waals surface area contributed by atoms with Gasteiger partial charge in [-0.15, -0.1) is 0 Å². The number of furan rings is 1. The Kier molecular flexibility index (Phi) is 5.93. The molecule has 0 saturated heterocycles. The highest BCUT2D eigenvalue weighted by Crippen LogP contribution is 2.31. The molecule has 8 nitrogen and oxygen atoms in total. The summed E-state index contributed by atoms with van der Waals surface area (Å²) in [6.45, 7) is -0.476. The fraction of sp³-hybridized carbons (Fsp3) is 0.105. The molecule has 1 heterocycles. The van der Waals surface area contributed by atoms with Gasteiger partial charge in [0.05, 0.1) is 9.95 Å². The molecule has 9 heteroatoms. The Balaban J connectivity index is 1.59. The van der Waals surface area contributed by atoms with E-state index < -0.39 is 10.8 Å². The van der Waals surface area contributed by atoms with E-state index in [4.69, 9.17) is 25.9 Å². The molecule has 0 radical (unpaired) electrons. The number of anilines is 1. The largest absolute Gasteiger partial charge is 0.484 e. The van der Waals surface area contributed by atoms with Crippen LogP contribution in [-0.2, 0) is 11.4 Å². The highest BCUT2D eigenvalue weighted by Gasteiger charge is 2.11. The molecule has 0 atom stereocenters. The van der Waals surface area contributed by atoms with Gasteiger partial charge in [0.2, 0.25) is 0 Å². The molecule has 1 amide bonds. The lowest BCUT2D eigenvalue weighted by Gasteiger charge is -2.09. The zero-order chi connectivity index (χ0) is 20.1. The van der Waals surface area contributed by atoms with Gasteiger partial charge in [-0.3, -0.25) is 14.9 Å². The monoisotopic (exact) mass is 402 g/mol. The van der Waals surface area contributed by atoms with E-state index in [0.717, 1.165) is 0 Å². The van der Waals surface area contributed by atoms with E-state index in [2.05, 4.69) is 5.32 Å². The predicted octanol–water partition coefficient (Wildman–Crippen LogP) is 4.02. The summed E-state index contributed by atoms with van der Waals surface area (Å²) in [6.07, 6.45) is 0. The van der Waals surface area contributed by atoms with Crippen LogP contribution in [-0.4, -0.2) is 22.5 Å². The molecule has 0 aliphatic rings. The molecule has 0 saturated carbocycles. The number of hydrogen-bond donors (Lipinski definition) is 2. The van der Waals surface area contributed by atoms with Crippen molar-refractivity contribution in [3.8, 4) is 17.1 Å². The van der Waals surface area contributed by atoms with Gasteiger partial charge in [-0.25, -0.2) is 0 Å². The van der Waals surface area contributed by atoms with Crippen molar-refractivity contribution in [2.45, 2.75) is 6.61 Å². The van der Waals surface area contributed by atoms with Crippen LogP contribution in [0.3, 0.4) is 0 Å². The number of non-ortho nitro benzene ring substituents is 1. The molecule has 0 fully saturated rings. The quantitative estimate of drug-likeness (QED) is 0.455. The summed E-state index contributed by atoms with van der Waals surface area (Å²) < 4.78 is 10.8. The van der Waals surface area contributed by atoms with Crippen LogP contribution in [0.2, 0.25) is 5.02 Å². The lowest BCUT2D eigenvalue weighted by molar-refractivity contribution is -0.384. The summed E-state index contributed by atoms with van der Waals surface area (Å²) >= 11 is 6.25. The number of carbonyl (C=O) groups excluding carboxylic acids is 1. The average Bonchev–Trinajstić information content (AvgIpc) is 3.16. The summed E-state index contributed by atoms with van der Waals surface area (Å²) in [5.74, 6) is 0.856. The Hall–Kier alpha value is -3.36. The molecule has 0 bridgehead atoms. The normalized spacial score (nSPS) is 10.5. The minimum atomic E-state index is -0.517. The Morgan fingerprint density at radius 1 is 1.18 bits per heavy atom. The van der Waals surface area contributed by atoms with Crippen molar-refractivity contribution in [1.29, 1.82) is 0 Å². The second-order valence-electron chi connectivity index (χ2n) is 5.71. The number of aliphatic hydroxyl groups is 1. The van der Waals surface area contributed by atoms with Crippen LogP contribution in [0, 0.1) is 10.1 Å². The number of nitrogens with zero attached hydrogens (tertiary/aromatic N) is 1. The number of nitro benzene ring substituents is 1. The summed E-state index contributed by atoms with van der Waals surface area (Å²) in [5.41, 5.74) is 1.04. The van der Waals surface area contributed by atoms with E-state index in [-0.39, 0.29) is 18.9 Å². The Labute approximate surface area is 164 Å². The molecular weight excluding hydrogens is 388 g/mol. The van der Waals surface area contributed by atoms with Gasteiger partial charge >= 0.3 is 0 Å². The van der Waals surface area contributed by atoms with Crippen molar-refractivity contribution in [2.24, 2.45) is 0 Å². The van der Waals surface area contributed by atoms with Crippen molar-refractivity contribution in [3.63, 3.8) is 0 Å². The van der Waals surface area contributed by atoms with Crippen molar-refractivity contribution < 1.29 is 24.0 Å². The summed E-state index contributed by atoms with van der Waals surface area (Å²) in [6, 6.07) is 13.7. The van der Waals surface area contributed by atoms with Crippen molar-refractivity contribution in [2.75, 3.05) is 11.9 Å². The standard InChI is InChI=1S/C19H15ClN2O6/c20-17-9-12(1-7-16(17)18-8-6-15(10-23)28-18)21-19(24)11-27-14-4-2-13(3-5-14)22(25)26/h1-9,23H,10-11H2,(H,21,24). The molecule has 144 valence electrons. The van der Waals surface area contributed by atoms with Crippen LogP contribution < -0.4 is 10.1 Å². The van der Waals surface area contributed by atoms with E-state index in [1.807, 2.05) is 0 Å². The van der Waals surface area contributed by atoms with E-state index in [0.29, 0.717) is 33.5 Å². The zero-order valence-electron chi connectivity index (χ0n) is 14.4. The van der Waals surface area contributed by atoms with Gasteiger partial charge in [0.1, 0.15) is 23.9 Å². The van der Waals surface area contributed by atoms with Gasteiger partial charge in [-0.2, -0.15) is 0 Å². The van der Waals surface area contributed by atoms with E-state index >= 15 is 0 Å². The van der Waals surface area contributed by atoms with Gasteiger partial charge in [-0.05, 0) is 42.5 Å². The molecule has 0 spiro atoms. The second kappa shape index (κ2) is 8.55. The van der Waals surface area contributed by atoms with E-state index in [1.54, 1.807) is 30.3 Å². The lowest BCUT2D eigenvalue weighted by Crippen LogP contribution is -2.20. The van der Waals surface area contributed by atoms with Crippen LogP contribution in [0.1, 0.15) is 5.76 Å². The third kappa shape index (κ3) is 4.67. The number of benzene rings is 2. The first kappa shape index (κ1) is 19.4. The minimum absolute atomic E-state index is 0.0609. The first-order valence-electron chi connectivity index (χ1n) is 8.13. The molecule has 28 heavy (non-hydrogen) atoms. The number of amides is 1. The maximum atomic E-state index is 12.0. The smallest absolute Gasteiger partial charge is 0.269 e. The van der Waals surface area contributed by atoms with Gasteiger partial charge in [-0.1, -0.05) is 11.6 Å². The molecule has 2 aromatic carbocycles. The highest BCUT2D eigenvalue weighted by atomic mass is 35.5. The fourth-order valence-corrected chi connectivity index (χ4v) is 2.68. The van der Waals surface area contributed by atoms with Gasteiger partial charge in [0, 0.05) is 23.4 Å². The first-order chi connectivity index (χ1) is 13.5. The Morgan fingerprint density at radius 3 is 2.54 bits per heavy atom. The van der Waals surface area contributed by atoms with Crippen molar-refractivity contribution >= 4 is 28.9 Å². The fourth-order valence-electron chi connectivity index (χ4n) is 2.41. The van der Waals surface area contributed by atoms with Gasteiger partial charge in [0.15, 0.2) is 6.61 Å². The molecular formula is C19H15ClN2O6. The number of nitrogens with one attached hydrogen (secondary N) is 1. The summed E-state index contributed by atoms with van der Waals surface area (Å²) in [5, 5.41) is 22.7. The van der Waals surface area contributed by atoms with Crippen LogP contribution in [0.5, 0.6) is 5.75 Å². The minimum Gasteiger partial charge on any atom is -0.484 e. The maximum absolute atomic E-state index is 12.0. The van der Waals surface area contributed by atoms with Crippen LogP contribution in [0.4, 0.5) is 11.4 Å². The molecule has 3 rings (SSSR count). The summed E-state index contributed by atoms with van der Waals surface area (Å²) in [4.78, 5) is 22.1. The lowest BCUT2D eigenvalue weighted by atomic mass is 10.1. The predicted molar refractivity (Wildman–Crippen MR) is 102 cm³/mol. The first-order valence-corrected chi connectivity index (χ1v) is 8.50. The van der Waals surface area contributed by atoms with Crippen LogP contribution in [0.15, 0.2) is 59.0 Å². The SMILES string of the molecule is O=C(COc1ccc([N+](=O)[O-])cc1)Nc1ccc(-c2ccc(CO)o2)c(Cl)c1. The average molecular weight is 403 g/mol. The number of ether oxygens (including phenoxy) is 1. The highest BCUT2D eigenvalue weighted by molar-refractivity contribution is 6.33. The maximum Gasteiger partial charge on any atom is 0.269 e. The molecule has 2 N–H and O–H groups in total. The Bertz CT molecular complexity index is 1000. The van der Waals surface area contributed by atoms with E-state index in [9.17, 15) is 14.9 Å².